The molecule has 1 saturated carbocycles. The summed E-state index contributed by atoms with van der Waals surface area (Å²) in [6.45, 7) is 0.00912. The third-order valence-electron chi connectivity index (χ3n) is 5.59. The molecule has 33 heavy (non-hydrogen) atoms. The molecule has 176 valence electrons. The number of fused-ring (bicyclic) bond motifs is 1. The minimum atomic E-state index is -5.72. The van der Waals surface area contributed by atoms with Gasteiger partial charge in [-0.05, 0) is 31.4 Å². The van der Waals surface area contributed by atoms with Crippen LogP contribution in [0.3, 0.4) is 0 Å². The molecule has 1 aliphatic heterocycles. The lowest BCUT2D eigenvalue weighted by Gasteiger charge is -2.24. The Morgan fingerprint density at radius 3 is 2.55 bits per heavy atom. The minimum absolute atomic E-state index is 0.0299. The van der Waals surface area contributed by atoms with Crippen molar-refractivity contribution < 1.29 is 36.3 Å². The maximum Gasteiger partial charge on any atom is 0.456 e. The largest absolute Gasteiger partial charge is 0.471 e. The first kappa shape index (κ1) is 22.9. The molecule has 0 saturated heterocycles. The van der Waals surface area contributed by atoms with Crippen molar-refractivity contribution in [2.45, 2.75) is 44.5 Å². The number of aromatic nitrogens is 2. The maximum absolute atomic E-state index is 13.0. The van der Waals surface area contributed by atoms with Crippen molar-refractivity contribution in [2.75, 3.05) is 11.9 Å². The van der Waals surface area contributed by atoms with Crippen LogP contribution in [-0.4, -0.2) is 45.4 Å². The Hall–Kier alpha value is -3.31. The lowest BCUT2D eigenvalue weighted by atomic mass is 10.1. The zero-order chi connectivity index (χ0) is 24.0. The summed E-state index contributed by atoms with van der Waals surface area (Å²) < 4.78 is 67.3. The fourth-order valence-electron chi connectivity index (χ4n) is 3.39. The molecular weight excluding hydrogens is 451 g/mol. The predicted molar refractivity (Wildman–Crippen MR) is 105 cm³/mol. The normalized spacial score (nSPS) is 17.0. The van der Waals surface area contributed by atoms with Gasteiger partial charge in [-0.2, -0.15) is 22.0 Å². The second-order valence-electron chi connectivity index (χ2n) is 7.98. The Morgan fingerprint density at radius 1 is 1.21 bits per heavy atom. The Morgan fingerprint density at radius 2 is 1.94 bits per heavy atom. The third kappa shape index (κ3) is 4.60. The quantitative estimate of drug-likeness (QED) is 0.616. The number of carbonyl (C=O) groups excluding carboxylic acids is 2. The summed E-state index contributed by atoms with van der Waals surface area (Å²) in [6.07, 6.45) is -1.39. The van der Waals surface area contributed by atoms with Crippen molar-refractivity contribution in [1.29, 1.82) is 0 Å². The van der Waals surface area contributed by atoms with E-state index >= 15 is 0 Å². The number of halogens is 5. The summed E-state index contributed by atoms with van der Waals surface area (Å²) in [4.78, 5) is 34.5. The van der Waals surface area contributed by atoms with Gasteiger partial charge in [0.1, 0.15) is 5.82 Å². The van der Waals surface area contributed by atoms with Gasteiger partial charge in [0.05, 0.1) is 12.6 Å². The number of alkyl halides is 5. The molecule has 1 unspecified atom stereocenters. The number of amides is 2. The second kappa shape index (κ2) is 8.23. The van der Waals surface area contributed by atoms with E-state index in [9.17, 15) is 31.5 Å². The highest BCUT2D eigenvalue weighted by Gasteiger charge is 2.58. The van der Waals surface area contributed by atoms with Gasteiger partial charge in [0, 0.05) is 35.5 Å². The standard InChI is InChI=1S/C21H19F5N4O3/c1-11(13-4-5-16(28-8-13)33-10-20(22,23)21(24,25)26)30-9-15-14(19(30)32)6-7-27-17(15)29-18(31)12-2-3-12/h4-8,11-12H,2-3,9-10H2,1H3,(H,27,29,31). The highest BCUT2D eigenvalue weighted by Crippen LogP contribution is 2.37. The second-order valence-corrected chi connectivity index (χ2v) is 7.98. The van der Waals surface area contributed by atoms with E-state index in [1.165, 1.54) is 23.4 Å². The molecule has 0 spiro atoms. The van der Waals surface area contributed by atoms with E-state index in [0.717, 1.165) is 18.9 Å². The van der Waals surface area contributed by atoms with Gasteiger partial charge in [-0.1, -0.05) is 6.07 Å². The van der Waals surface area contributed by atoms with Gasteiger partial charge in [-0.25, -0.2) is 9.97 Å². The van der Waals surface area contributed by atoms with E-state index in [1.807, 2.05) is 0 Å². The number of nitrogens with one attached hydrogen (secondary N) is 1. The molecule has 0 radical (unpaired) electrons. The summed E-state index contributed by atoms with van der Waals surface area (Å²) in [6, 6.07) is 3.65. The summed E-state index contributed by atoms with van der Waals surface area (Å²) in [5.74, 6) is -5.52. The van der Waals surface area contributed by atoms with Gasteiger partial charge in [0.25, 0.3) is 5.91 Å². The Bertz CT molecular complexity index is 1070. The molecule has 7 nitrogen and oxygen atoms in total. The zero-order valence-corrected chi connectivity index (χ0v) is 17.3. The number of rotatable bonds is 7. The number of anilines is 1. The Labute approximate surface area is 185 Å². The average Bonchev–Trinajstić information content (AvgIpc) is 3.56. The van der Waals surface area contributed by atoms with E-state index < -0.39 is 30.6 Å². The van der Waals surface area contributed by atoms with Crippen LogP contribution in [0.1, 0.15) is 47.3 Å². The van der Waals surface area contributed by atoms with E-state index in [0.29, 0.717) is 22.5 Å². The van der Waals surface area contributed by atoms with Crippen LogP contribution in [0.25, 0.3) is 0 Å². The highest BCUT2D eigenvalue weighted by atomic mass is 19.4. The summed E-state index contributed by atoms with van der Waals surface area (Å²) in [5.41, 5.74) is 1.51. The molecule has 3 heterocycles. The number of ether oxygens (including phenoxy) is 1. The lowest BCUT2D eigenvalue weighted by molar-refractivity contribution is -0.290. The molecule has 4 rings (SSSR count). The van der Waals surface area contributed by atoms with Gasteiger partial charge < -0.3 is 15.0 Å². The van der Waals surface area contributed by atoms with Crippen LogP contribution in [-0.2, 0) is 11.3 Å². The van der Waals surface area contributed by atoms with Crippen LogP contribution in [0, 0.1) is 5.92 Å². The molecule has 2 aromatic heterocycles. The number of pyridine rings is 2. The average molecular weight is 470 g/mol. The van der Waals surface area contributed by atoms with Gasteiger partial charge in [0.15, 0.2) is 6.61 Å². The van der Waals surface area contributed by atoms with Gasteiger partial charge in [-0.3, -0.25) is 9.59 Å². The molecule has 2 aliphatic rings. The van der Waals surface area contributed by atoms with E-state index in [-0.39, 0.29) is 24.3 Å². The topological polar surface area (TPSA) is 84.4 Å². The molecule has 0 aromatic carbocycles. The molecule has 1 aliphatic carbocycles. The van der Waals surface area contributed by atoms with E-state index in [1.54, 1.807) is 13.0 Å². The van der Waals surface area contributed by atoms with Crippen molar-refractivity contribution in [2.24, 2.45) is 5.92 Å². The van der Waals surface area contributed by atoms with Crippen LogP contribution in [0.5, 0.6) is 5.88 Å². The summed E-state index contributed by atoms with van der Waals surface area (Å²) in [7, 11) is 0. The van der Waals surface area contributed by atoms with Crippen molar-refractivity contribution in [3.63, 3.8) is 0 Å². The number of hydrogen-bond acceptors (Lipinski definition) is 5. The maximum atomic E-state index is 13.0. The molecule has 1 N–H and O–H groups in total. The van der Waals surface area contributed by atoms with Crippen LogP contribution in [0.4, 0.5) is 27.8 Å². The van der Waals surface area contributed by atoms with E-state index in [2.05, 4.69) is 20.0 Å². The zero-order valence-electron chi connectivity index (χ0n) is 17.3. The van der Waals surface area contributed by atoms with Crippen LogP contribution < -0.4 is 10.1 Å². The van der Waals surface area contributed by atoms with Gasteiger partial charge >= 0.3 is 12.1 Å². The van der Waals surface area contributed by atoms with Gasteiger partial charge in [-0.15, -0.1) is 0 Å². The first-order chi connectivity index (χ1) is 15.5. The van der Waals surface area contributed by atoms with Crippen molar-refractivity contribution >= 4 is 17.6 Å². The third-order valence-corrected chi connectivity index (χ3v) is 5.59. The van der Waals surface area contributed by atoms with Crippen LogP contribution >= 0.6 is 0 Å². The number of carbonyl (C=O) groups is 2. The molecule has 12 heteroatoms. The van der Waals surface area contributed by atoms with Crippen molar-refractivity contribution in [3.8, 4) is 5.88 Å². The molecule has 1 fully saturated rings. The Balaban J connectivity index is 1.44. The molecular formula is C21H19F5N4O3. The first-order valence-electron chi connectivity index (χ1n) is 10.1. The highest BCUT2D eigenvalue weighted by molar-refractivity contribution is 6.02. The minimum Gasteiger partial charge on any atom is -0.471 e. The van der Waals surface area contributed by atoms with Crippen LogP contribution in [0.15, 0.2) is 30.6 Å². The molecule has 1 atom stereocenters. The summed E-state index contributed by atoms with van der Waals surface area (Å²) in [5, 5.41) is 2.77. The first-order valence-corrected chi connectivity index (χ1v) is 10.1. The Kier molecular flexibility index (Phi) is 5.71. The van der Waals surface area contributed by atoms with Gasteiger partial charge in [0.2, 0.25) is 11.8 Å². The van der Waals surface area contributed by atoms with Crippen molar-refractivity contribution in [3.05, 3.63) is 47.3 Å². The van der Waals surface area contributed by atoms with Crippen molar-refractivity contribution in [1.82, 2.24) is 14.9 Å². The smallest absolute Gasteiger partial charge is 0.456 e. The lowest BCUT2D eigenvalue weighted by Crippen LogP contribution is -2.41. The SMILES string of the molecule is CC(c1ccc(OCC(F)(F)C(F)(F)F)nc1)N1Cc2c(ccnc2NC(=O)C2CC2)C1=O. The molecule has 2 amide bonds. The fraction of sp³-hybridized carbons (Fsp3) is 0.429. The van der Waals surface area contributed by atoms with E-state index in [4.69, 9.17) is 0 Å². The monoisotopic (exact) mass is 470 g/mol. The van der Waals surface area contributed by atoms with Crippen LogP contribution in [0.2, 0.25) is 0 Å². The fourth-order valence-corrected chi connectivity index (χ4v) is 3.39. The molecule has 0 bridgehead atoms. The predicted octanol–water partition coefficient (Wildman–Crippen LogP) is 4.12. The number of nitrogens with zero attached hydrogens (tertiary/aromatic N) is 3. The summed E-state index contributed by atoms with van der Waals surface area (Å²) >= 11 is 0. The number of hydrogen-bond donors (Lipinski definition) is 1. The molecule has 2 aromatic rings.